The molecule has 0 aliphatic heterocycles. The van der Waals surface area contributed by atoms with Crippen LogP contribution < -0.4 is 5.32 Å². The Balaban J connectivity index is 1.89. The predicted molar refractivity (Wildman–Crippen MR) is 87.1 cm³/mol. The van der Waals surface area contributed by atoms with E-state index in [1.807, 2.05) is 11.8 Å². The van der Waals surface area contributed by atoms with Crippen molar-refractivity contribution >= 4 is 11.8 Å². The third-order valence-corrected chi connectivity index (χ3v) is 5.55. The molecule has 0 aromatic heterocycles. The Bertz CT molecular complexity index is 396. The summed E-state index contributed by atoms with van der Waals surface area (Å²) in [5, 5.41) is 4.68. The molecule has 1 aliphatic rings. The van der Waals surface area contributed by atoms with E-state index in [0.717, 1.165) is 17.8 Å². The first-order valence-electron chi connectivity index (χ1n) is 7.43. The van der Waals surface area contributed by atoms with Gasteiger partial charge < -0.3 is 5.32 Å². The summed E-state index contributed by atoms with van der Waals surface area (Å²) < 4.78 is 0. The minimum atomic E-state index is 0.725. The molecule has 1 fully saturated rings. The van der Waals surface area contributed by atoms with Gasteiger partial charge in [0, 0.05) is 17.8 Å². The second-order valence-corrected chi connectivity index (χ2v) is 7.11. The van der Waals surface area contributed by atoms with Crippen LogP contribution in [0, 0.1) is 20.8 Å². The summed E-state index contributed by atoms with van der Waals surface area (Å²) in [6.07, 6.45) is 7.69. The van der Waals surface area contributed by atoms with Gasteiger partial charge in [0.15, 0.2) is 0 Å². The zero-order valence-electron chi connectivity index (χ0n) is 12.8. The molecule has 0 amide bonds. The van der Waals surface area contributed by atoms with Gasteiger partial charge in [-0.2, -0.15) is 11.8 Å². The zero-order chi connectivity index (χ0) is 13.8. The van der Waals surface area contributed by atoms with Crippen LogP contribution in [0.3, 0.4) is 0 Å². The van der Waals surface area contributed by atoms with Crippen LogP contribution >= 0.6 is 11.8 Å². The average Bonchev–Trinajstić information content (AvgIpc) is 2.38. The minimum absolute atomic E-state index is 0.725. The fraction of sp³-hybridized carbons (Fsp3) is 0.647. The van der Waals surface area contributed by atoms with Crippen LogP contribution in [-0.4, -0.2) is 17.5 Å². The Morgan fingerprint density at radius 3 is 2.16 bits per heavy atom. The Hall–Kier alpha value is -0.470. The normalized spacial score (nSPS) is 23.6. The first-order valence-corrected chi connectivity index (χ1v) is 8.72. The highest BCUT2D eigenvalue weighted by molar-refractivity contribution is 7.99. The van der Waals surface area contributed by atoms with E-state index in [-0.39, 0.29) is 0 Å². The summed E-state index contributed by atoms with van der Waals surface area (Å²) >= 11 is 2.04. The number of benzene rings is 1. The van der Waals surface area contributed by atoms with E-state index in [4.69, 9.17) is 0 Å². The molecule has 0 radical (unpaired) electrons. The van der Waals surface area contributed by atoms with E-state index in [1.54, 1.807) is 0 Å². The molecule has 0 saturated heterocycles. The molecular formula is C17H27NS. The Morgan fingerprint density at radius 1 is 1.05 bits per heavy atom. The van der Waals surface area contributed by atoms with Gasteiger partial charge in [-0.15, -0.1) is 0 Å². The summed E-state index contributed by atoms with van der Waals surface area (Å²) in [7, 11) is 0. The molecule has 106 valence electrons. The second-order valence-electron chi connectivity index (χ2n) is 5.97. The summed E-state index contributed by atoms with van der Waals surface area (Å²) in [6.45, 7) is 7.69. The van der Waals surface area contributed by atoms with Crippen molar-refractivity contribution in [3.05, 3.63) is 34.4 Å². The van der Waals surface area contributed by atoms with Crippen LogP contribution in [0.25, 0.3) is 0 Å². The molecule has 0 heterocycles. The van der Waals surface area contributed by atoms with Gasteiger partial charge in [0.2, 0.25) is 0 Å². The molecule has 19 heavy (non-hydrogen) atoms. The SMILES string of the molecule is CSC1CCC(NCc2c(C)cc(C)cc2C)CC1. The predicted octanol–water partition coefficient (Wildman–Crippen LogP) is 4.38. The molecular weight excluding hydrogens is 250 g/mol. The monoisotopic (exact) mass is 277 g/mol. The van der Waals surface area contributed by atoms with E-state index in [1.165, 1.54) is 47.9 Å². The van der Waals surface area contributed by atoms with Crippen molar-refractivity contribution in [3.63, 3.8) is 0 Å². The highest BCUT2D eigenvalue weighted by Gasteiger charge is 2.20. The molecule has 1 N–H and O–H groups in total. The van der Waals surface area contributed by atoms with Crippen LogP contribution in [0.5, 0.6) is 0 Å². The summed E-state index contributed by atoms with van der Waals surface area (Å²) in [6, 6.07) is 5.33. The van der Waals surface area contributed by atoms with E-state index in [2.05, 4.69) is 44.5 Å². The Morgan fingerprint density at radius 2 is 1.63 bits per heavy atom. The van der Waals surface area contributed by atoms with Crippen LogP contribution in [0.1, 0.15) is 47.9 Å². The van der Waals surface area contributed by atoms with Gasteiger partial charge in [0.1, 0.15) is 0 Å². The lowest BCUT2D eigenvalue weighted by Gasteiger charge is -2.28. The lowest BCUT2D eigenvalue weighted by atomic mass is 9.94. The largest absolute Gasteiger partial charge is 0.310 e. The topological polar surface area (TPSA) is 12.0 Å². The summed E-state index contributed by atoms with van der Waals surface area (Å²) in [4.78, 5) is 0. The lowest BCUT2D eigenvalue weighted by Crippen LogP contribution is -2.33. The molecule has 0 unspecified atom stereocenters. The number of aryl methyl sites for hydroxylation is 3. The number of nitrogens with one attached hydrogen (secondary N) is 1. The minimum Gasteiger partial charge on any atom is -0.310 e. The van der Waals surface area contributed by atoms with Gasteiger partial charge in [-0.25, -0.2) is 0 Å². The van der Waals surface area contributed by atoms with Crippen LogP contribution in [0.2, 0.25) is 0 Å². The van der Waals surface area contributed by atoms with Crippen molar-refractivity contribution in [1.29, 1.82) is 0 Å². The highest BCUT2D eigenvalue weighted by Crippen LogP contribution is 2.27. The van der Waals surface area contributed by atoms with E-state index < -0.39 is 0 Å². The maximum absolute atomic E-state index is 3.77. The zero-order valence-corrected chi connectivity index (χ0v) is 13.6. The number of rotatable bonds is 4. The first-order chi connectivity index (χ1) is 9.10. The third-order valence-electron chi connectivity index (χ3n) is 4.42. The molecule has 0 atom stereocenters. The van der Waals surface area contributed by atoms with Gasteiger partial charge in [-0.1, -0.05) is 17.7 Å². The summed E-state index contributed by atoms with van der Waals surface area (Å²) in [5.74, 6) is 0. The maximum atomic E-state index is 3.77. The third kappa shape index (κ3) is 4.00. The summed E-state index contributed by atoms with van der Waals surface area (Å²) in [5.41, 5.74) is 5.74. The molecule has 0 spiro atoms. The van der Waals surface area contributed by atoms with E-state index >= 15 is 0 Å². The van der Waals surface area contributed by atoms with Crippen molar-refractivity contribution in [3.8, 4) is 0 Å². The lowest BCUT2D eigenvalue weighted by molar-refractivity contribution is 0.378. The van der Waals surface area contributed by atoms with Gasteiger partial charge in [-0.05, 0) is 69.4 Å². The van der Waals surface area contributed by atoms with Crippen LogP contribution in [0.15, 0.2) is 12.1 Å². The van der Waals surface area contributed by atoms with Crippen molar-refractivity contribution < 1.29 is 0 Å². The second kappa shape index (κ2) is 6.81. The Kier molecular flexibility index (Phi) is 5.35. The smallest absolute Gasteiger partial charge is 0.0213 e. The highest BCUT2D eigenvalue weighted by atomic mass is 32.2. The van der Waals surface area contributed by atoms with Crippen molar-refractivity contribution in [1.82, 2.24) is 5.32 Å². The number of thioether (sulfide) groups is 1. The molecule has 1 aromatic carbocycles. The molecule has 1 aliphatic carbocycles. The van der Waals surface area contributed by atoms with Gasteiger partial charge in [0.05, 0.1) is 0 Å². The van der Waals surface area contributed by atoms with Crippen LogP contribution in [-0.2, 0) is 6.54 Å². The quantitative estimate of drug-likeness (QED) is 0.876. The number of hydrogen-bond acceptors (Lipinski definition) is 2. The molecule has 1 aromatic rings. The fourth-order valence-electron chi connectivity index (χ4n) is 3.24. The van der Waals surface area contributed by atoms with Gasteiger partial charge >= 0.3 is 0 Å². The average molecular weight is 277 g/mol. The molecule has 2 heteroatoms. The van der Waals surface area contributed by atoms with Crippen molar-refractivity contribution in [2.24, 2.45) is 0 Å². The maximum Gasteiger partial charge on any atom is 0.0213 e. The fourth-order valence-corrected chi connectivity index (χ4v) is 3.98. The first kappa shape index (κ1) is 14.9. The van der Waals surface area contributed by atoms with Crippen molar-refractivity contribution in [2.45, 2.75) is 64.3 Å². The van der Waals surface area contributed by atoms with Crippen molar-refractivity contribution in [2.75, 3.05) is 6.26 Å². The Labute approximate surface area is 122 Å². The standard InChI is InChI=1S/C17H27NS/c1-12-9-13(2)17(14(3)10-12)11-18-15-5-7-16(19-4)8-6-15/h9-10,15-16,18H,5-8,11H2,1-4H3. The molecule has 1 saturated carbocycles. The van der Waals surface area contributed by atoms with E-state index in [0.29, 0.717) is 0 Å². The molecule has 2 rings (SSSR count). The molecule has 1 nitrogen and oxygen atoms in total. The van der Waals surface area contributed by atoms with Crippen LogP contribution in [0.4, 0.5) is 0 Å². The van der Waals surface area contributed by atoms with E-state index in [9.17, 15) is 0 Å². The number of hydrogen-bond donors (Lipinski definition) is 1. The molecule has 0 bridgehead atoms. The van der Waals surface area contributed by atoms with Gasteiger partial charge in [0.25, 0.3) is 0 Å². The van der Waals surface area contributed by atoms with Gasteiger partial charge in [-0.3, -0.25) is 0 Å².